The fourth-order valence-electron chi connectivity index (χ4n) is 1.27. The number of hydrogen-bond donors (Lipinski definition) is 0. The van der Waals surface area contributed by atoms with E-state index in [0.717, 1.165) is 18.2 Å². The number of alkyl halides is 3. The van der Waals surface area contributed by atoms with Crippen LogP contribution in [0.5, 0.6) is 5.75 Å². The summed E-state index contributed by atoms with van der Waals surface area (Å²) in [6.45, 7) is 3.25. The van der Waals surface area contributed by atoms with Crippen molar-refractivity contribution in [3.8, 4) is 5.75 Å². The summed E-state index contributed by atoms with van der Waals surface area (Å²) in [6.07, 6.45) is -5.43. The van der Waals surface area contributed by atoms with Gasteiger partial charge >= 0.3 is 12.1 Å². The summed E-state index contributed by atoms with van der Waals surface area (Å²) in [5.41, 5.74) is -0.881. The summed E-state index contributed by atoms with van der Waals surface area (Å²) in [6, 6.07) is 2.65. The molecule has 0 aliphatic carbocycles. The molecule has 0 saturated heterocycles. The van der Waals surface area contributed by atoms with Crippen LogP contribution in [-0.2, 0) is 15.7 Å². The van der Waals surface area contributed by atoms with Crippen LogP contribution in [0.1, 0.15) is 19.4 Å². The van der Waals surface area contributed by atoms with Gasteiger partial charge in [0.25, 0.3) is 0 Å². The lowest BCUT2D eigenvalue weighted by molar-refractivity contribution is -0.150. The van der Waals surface area contributed by atoms with Gasteiger partial charge in [-0.3, -0.25) is 0 Å². The first-order valence-corrected chi connectivity index (χ1v) is 5.83. The van der Waals surface area contributed by atoms with E-state index < -0.39 is 23.8 Å². The zero-order chi connectivity index (χ0) is 14.6. The Bertz CT molecular complexity index is 460. The van der Waals surface area contributed by atoms with E-state index >= 15 is 0 Å². The fourth-order valence-corrected chi connectivity index (χ4v) is 1.50. The molecule has 3 nitrogen and oxygen atoms in total. The van der Waals surface area contributed by atoms with E-state index in [2.05, 4.69) is 0 Å². The van der Waals surface area contributed by atoms with Gasteiger partial charge in [0.15, 0.2) is 6.10 Å². The second kappa shape index (κ2) is 6.14. The average Bonchev–Trinajstić information content (AvgIpc) is 2.30. The molecule has 1 aromatic carbocycles. The maximum Gasteiger partial charge on any atom is 0.416 e. The molecule has 0 bridgehead atoms. The number of halogens is 4. The lowest BCUT2D eigenvalue weighted by Crippen LogP contribution is -2.26. The smallest absolute Gasteiger partial charge is 0.416 e. The van der Waals surface area contributed by atoms with E-state index in [-0.39, 0.29) is 17.4 Å². The van der Waals surface area contributed by atoms with Gasteiger partial charge in [-0.25, -0.2) is 4.79 Å². The topological polar surface area (TPSA) is 35.5 Å². The Morgan fingerprint density at radius 3 is 2.53 bits per heavy atom. The van der Waals surface area contributed by atoms with Crippen molar-refractivity contribution in [1.29, 1.82) is 0 Å². The highest BCUT2D eigenvalue weighted by molar-refractivity contribution is 6.32. The third kappa shape index (κ3) is 4.31. The van der Waals surface area contributed by atoms with Gasteiger partial charge in [-0.2, -0.15) is 13.2 Å². The zero-order valence-electron chi connectivity index (χ0n) is 10.3. The summed E-state index contributed by atoms with van der Waals surface area (Å²) in [4.78, 5) is 11.3. The Morgan fingerprint density at radius 1 is 1.42 bits per heavy atom. The van der Waals surface area contributed by atoms with Crippen molar-refractivity contribution in [3.05, 3.63) is 28.8 Å². The predicted octanol–water partition coefficient (Wildman–Crippen LogP) is 3.69. The molecule has 0 aliphatic heterocycles. The summed E-state index contributed by atoms with van der Waals surface area (Å²) < 4.78 is 47.1. The van der Waals surface area contributed by atoms with Crippen molar-refractivity contribution in [1.82, 2.24) is 0 Å². The van der Waals surface area contributed by atoms with Crippen LogP contribution in [0.15, 0.2) is 18.2 Å². The van der Waals surface area contributed by atoms with Crippen molar-refractivity contribution >= 4 is 17.6 Å². The number of carbonyl (C=O) groups excluding carboxylic acids is 1. The van der Waals surface area contributed by atoms with Crippen LogP contribution in [0.2, 0.25) is 5.02 Å². The quantitative estimate of drug-likeness (QED) is 0.795. The molecule has 1 unspecified atom stereocenters. The van der Waals surface area contributed by atoms with Crippen LogP contribution in [0.25, 0.3) is 0 Å². The van der Waals surface area contributed by atoms with Crippen molar-refractivity contribution in [3.63, 3.8) is 0 Å². The maximum atomic E-state index is 12.4. The highest BCUT2D eigenvalue weighted by Crippen LogP contribution is 2.35. The summed E-state index contributed by atoms with van der Waals surface area (Å²) in [5, 5.41) is -0.217. The molecular formula is C12H12ClF3O3. The highest BCUT2D eigenvalue weighted by atomic mass is 35.5. The minimum Gasteiger partial charge on any atom is -0.477 e. The van der Waals surface area contributed by atoms with Crippen LogP contribution < -0.4 is 4.74 Å². The van der Waals surface area contributed by atoms with Crippen LogP contribution in [0, 0.1) is 0 Å². The van der Waals surface area contributed by atoms with Gasteiger partial charge in [0.05, 0.1) is 17.2 Å². The largest absolute Gasteiger partial charge is 0.477 e. The first kappa shape index (κ1) is 15.6. The SMILES string of the molecule is CCOC(=O)C(C)Oc1ccc(C(F)(F)F)cc1Cl. The molecule has 7 heteroatoms. The van der Waals surface area contributed by atoms with Gasteiger partial charge in [0.2, 0.25) is 0 Å². The third-order valence-corrected chi connectivity index (χ3v) is 2.48. The van der Waals surface area contributed by atoms with E-state index in [1.165, 1.54) is 6.92 Å². The van der Waals surface area contributed by atoms with Crippen LogP contribution in [0.4, 0.5) is 13.2 Å². The normalized spacial score (nSPS) is 12.9. The minimum absolute atomic E-state index is 0.00443. The van der Waals surface area contributed by atoms with Crippen LogP contribution in [0.3, 0.4) is 0 Å². The molecule has 0 radical (unpaired) electrons. The molecule has 106 valence electrons. The highest BCUT2D eigenvalue weighted by Gasteiger charge is 2.31. The monoisotopic (exact) mass is 296 g/mol. The zero-order valence-corrected chi connectivity index (χ0v) is 11.0. The predicted molar refractivity (Wildman–Crippen MR) is 63.2 cm³/mol. The lowest BCUT2D eigenvalue weighted by atomic mass is 10.2. The molecule has 19 heavy (non-hydrogen) atoms. The minimum atomic E-state index is -4.48. The van der Waals surface area contributed by atoms with Crippen molar-refractivity contribution in [2.45, 2.75) is 26.1 Å². The summed E-state index contributed by atoms with van der Waals surface area (Å²) in [7, 11) is 0. The van der Waals surface area contributed by atoms with E-state index in [9.17, 15) is 18.0 Å². The number of esters is 1. The van der Waals surface area contributed by atoms with Gasteiger partial charge < -0.3 is 9.47 Å². The van der Waals surface area contributed by atoms with Crippen molar-refractivity contribution in [2.24, 2.45) is 0 Å². The second-order valence-corrected chi connectivity index (χ2v) is 4.06. The van der Waals surface area contributed by atoms with Gasteiger partial charge in [-0.05, 0) is 32.0 Å². The van der Waals surface area contributed by atoms with E-state index in [0.29, 0.717) is 0 Å². The fraction of sp³-hybridized carbons (Fsp3) is 0.417. The Kier molecular flexibility index (Phi) is 5.05. The summed E-state index contributed by atoms with van der Waals surface area (Å²) >= 11 is 5.68. The molecule has 0 heterocycles. The van der Waals surface area contributed by atoms with Crippen LogP contribution in [-0.4, -0.2) is 18.7 Å². The van der Waals surface area contributed by atoms with E-state index in [1.807, 2.05) is 0 Å². The molecule has 0 saturated carbocycles. The van der Waals surface area contributed by atoms with Crippen molar-refractivity contribution in [2.75, 3.05) is 6.61 Å². The Labute approximate surface area is 113 Å². The molecule has 0 amide bonds. The number of rotatable bonds is 4. The third-order valence-electron chi connectivity index (χ3n) is 2.18. The molecule has 0 fully saturated rings. The summed E-state index contributed by atoms with van der Waals surface area (Å²) in [5.74, 6) is -0.617. The standard InChI is InChI=1S/C12H12ClF3O3/c1-3-18-11(17)7(2)19-10-5-4-8(6-9(10)13)12(14,15)16/h4-7H,3H2,1-2H3. The van der Waals surface area contributed by atoms with E-state index in [1.54, 1.807) is 6.92 Å². The number of carbonyl (C=O) groups is 1. The lowest BCUT2D eigenvalue weighted by Gasteiger charge is -2.15. The molecule has 0 aromatic heterocycles. The van der Waals surface area contributed by atoms with Gasteiger partial charge in [-0.15, -0.1) is 0 Å². The average molecular weight is 297 g/mol. The molecule has 1 aromatic rings. The molecule has 1 rings (SSSR count). The van der Waals surface area contributed by atoms with Crippen molar-refractivity contribution < 1.29 is 27.4 Å². The van der Waals surface area contributed by atoms with E-state index in [4.69, 9.17) is 21.1 Å². The Morgan fingerprint density at radius 2 is 2.05 bits per heavy atom. The molecule has 0 spiro atoms. The number of ether oxygens (including phenoxy) is 2. The molecule has 0 aliphatic rings. The molecule has 0 N–H and O–H groups in total. The molecule has 1 atom stereocenters. The Balaban J connectivity index is 2.83. The first-order chi connectivity index (χ1) is 8.75. The number of benzene rings is 1. The number of hydrogen-bond acceptors (Lipinski definition) is 3. The first-order valence-electron chi connectivity index (χ1n) is 5.45. The van der Waals surface area contributed by atoms with Gasteiger partial charge in [0, 0.05) is 0 Å². The Hall–Kier alpha value is -1.43. The van der Waals surface area contributed by atoms with Gasteiger partial charge in [-0.1, -0.05) is 11.6 Å². The molecular weight excluding hydrogens is 285 g/mol. The van der Waals surface area contributed by atoms with Crippen LogP contribution >= 0.6 is 11.6 Å². The van der Waals surface area contributed by atoms with Gasteiger partial charge in [0.1, 0.15) is 5.75 Å². The second-order valence-electron chi connectivity index (χ2n) is 3.66. The maximum absolute atomic E-state index is 12.4.